The van der Waals surface area contributed by atoms with Crippen LogP contribution < -0.4 is 15.4 Å². The Bertz CT molecular complexity index is 668. The first-order valence-corrected chi connectivity index (χ1v) is 8.25. The average Bonchev–Trinajstić information content (AvgIpc) is 3.03. The van der Waals surface area contributed by atoms with E-state index in [1.165, 1.54) is 18.4 Å². The van der Waals surface area contributed by atoms with Gasteiger partial charge in [0.25, 0.3) is 5.91 Å². The number of thiophene rings is 1. The van der Waals surface area contributed by atoms with Crippen LogP contribution in [0.1, 0.15) is 23.0 Å². The fraction of sp³-hybridized carbons (Fsp3) is 0.294. The van der Waals surface area contributed by atoms with Crippen molar-refractivity contribution in [2.24, 2.45) is 0 Å². The lowest BCUT2D eigenvalue weighted by atomic mass is 10.2. The lowest BCUT2D eigenvalue weighted by molar-refractivity contribution is -0.120. The molecule has 0 fully saturated rings. The molecular formula is C17H20N2O3S. The van der Waals surface area contributed by atoms with Crippen LogP contribution in [0.15, 0.2) is 36.4 Å². The molecule has 0 atom stereocenters. The van der Waals surface area contributed by atoms with E-state index in [9.17, 15) is 9.59 Å². The monoisotopic (exact) mass is 332 g/mol. The Morgan fingerprint density at radius 1 is 1.17 bits per heavy atom. The minimum atomic E-state index is -0.305. The van der Waals surface area contributed by atoms with Crippen molar-refractivity contribution in [2.45, 2.75) is 13.3 Å². The average molecular weight is 332 g/mol. The van der Waals surface area contributed by atoms with Gasteiger partial charge in [-0.05, 0) is 18.1 Å². The van der Waals surface area contributed by atoms with Crippen LogP contribution in [-0.4, -0.2) is 32.0 Å². The lowest BCUT2D eigenvalue weighted by Gasteiger charge is -2.06. The van der Waals surface area contributed by atoms with Gasteiger partial charge in [0.05, 0.1) is 13.7 Å². The van der Waals surface area contributed by atoms with Gasteiger partial charge in [0.2, 0.25) is 5.91 Å². The Hall–Kier alpha value is -2.34. The Morgan fingerprint density at radius 2 is 1.91 bits per heavy atom. The molecule has 0 bridgehead atoms. The summed E-state index contributed by atoms with van der Waals surface area (Å²) in [6.45, 7) is 2.54. The number of nitrogens with one attached hydrogen (secondary N) is 2. The highest BCUT2D eigenvalue weighted by Gasteiger charge is 2.18. The number of methoxy groups -OCH3 is 1. The normalized spacial score (nSPS) is 10.2. The van der Waals surface area contributed by atoms with Gasteiger partial charge in [0, 0.05) is 11.4 Å². The highest BCUT2D eigenvalue weighted by atomic mass is 32.1. The van der Waals surface area contributed by atoms with Crippen LogP contribution in [0.4, 0.5) is 0 Å². The molecular weight excluding hydrogens is 312 g/mol. The third kappa shape index (κ3) is 4.56. The van der Waals surface area contributed by atoms with Crippen molar-refractivity contribution in [3.05, 3.63) is 41.3 Å². The van der Waals surface area contributed by atoms with Crippen LogP contribution >= 0.6 is 11.3 Å². The molecule has 0 aliphatic rings. The van der Waals surface area contributed by atoms with Gasteiger partial charge in [-0.3, -0.25) is 9.59 Å². The van der Waals surface area contributed by atoms with E-state index in [1.807, 2.05) is 43.3 Å². The van der Waals surface area contributed by atoms with Crippen molar-refractivity contribution in [1.82, 2.24) is 10.6 Å². The highest BCUT2D eigenvalue weighted by Crippen LogP contribution is 2.35. The largest absolute Gasteiger partial charge is 0.495 e. The molecule has 2 N–H and O–H groups in total. The molecule has 0 spiro atoms. The van der Waals surface area contributed by atoms with Crippen LogP contribution in [0.3, 0.4) is 0 Å². The molecule has 1 heterocycles. The van der Waals surface area contributed by atoms with Crippen molar-refractivity contribution in [3.63, 3.8) is 0 Å². The Morgan fingerprint density at radius 3 is 2.57 bits per heavy atom. The summed E-state index contributed by atoms with van der Waals surface area (Å²) in [5, 5.41) is 5.34. The predicted octanol–water partition coefficient (Wildman–Crippen LogP) is 2.68. The van der Waals surface area contributed by atoms with E-state index < -0.39 is 0 Å². The summed E-state index contributed by atoms with van der Waals surface area (Å²) < 4.78 is 5.29. The van der Waals surface area contributed by atoms with Gasteiger partial charge in [0.15, 0.2) is 0 Å². The van der Waals surface area contributed by atoms with E-state index in [1.54, 1.807) is 0 Å². The summed E-state index contributed by atoms with van der Waals surface area (Å²) in [6.07, 6.45) is 0.860. The fourth-order valence-electron chi connectivity index (χ4n) is 2.00. The Labute approximate surface area is 139 Å². The summed E-state index contributed by atoms with van der Waals surface area (Å²) in [6, 6.07) is 11.6. The molecule has 2 amide bonds. The van der Waals surface area contributed by atoms with Crippen molar-refractivity contribution < 1.29 is 14.3 Å². The smallest absolute Gasteiger partial charge is 0.265 e. The first-order chi connectivity index (χ1) is 11.2. The van der Waals surface area contributed by atoms with Gasteiger partial charge in [-0.25, -0.2) is 0 Å². The van der Waals surface area contributed by atoms with Crippen LogP contribution in [-0.2, 0) is 4.79 Å². The van der Waals surface area contributed by atoms with Crippen LogP contribution in [0.5, 0.6) is 5.75 Å². The summed E-state index contributed by atoms with van der Waals surface area (Å²) in [7, 11) is 1.53. The lowest BCUT2D eigenvalue weighted by Crippen LogP contribution is -2.37. The van der Waals surface area contributed by atoms with Gasteiger partial charge >= 0.3 is 0 Å². The number of hydrogen-bond acceptors (Lipinski definition) is 4. The van der Waals surface area contributed by atoms with Gasteiger partial charge < -0.3 is 15.4 Å². The number of ether oxygens (including phenoxy) is 1. The zero-order valence-corrected chi connectivity index (χ0v) is 14.0. The van der Waals surface area contributed by atoms with E-state index >= 15 is 0 Å². The molecule has 2 rings (SSSR count). The molecule has 0 saturated heterocycles. The number of carbonyl (C=O) groups excluding carboxylic acids is 2. The molecule has 2 aromatic rings. The summed E-state index contributed by atoms with van der Waals surface area (Å²) in [4.78, 5) is 25.3. The molecule has 0 radical (unpaired) electrons. The highest BCUT2D eigenvalue weighted by molar-refractivity contribution is 7.17. The second kappa shape index (κ2) is 8.33. The number of hydrogen-bond donors (Lipinski definition) is 2. The van der Waals surface area contributed by atoms with Gasteiger partial charge in [0.1, 0.15) is 10.6 Å². The predicted molar refractivity (Wildman–Crippen MR) is 91.9 cm³/mol. The quantitative estimate of drug-likeness (QED) is 0.819. The summed E-state index contributed by atoms with van der Waals surface area (Å²) >= 11 is 1.35. The number of rotatable bonds is 7. The molecule has 0 aliphatic heterocycles. The first-order valence-electron chi connectivity index (χ1n) is 7.43. The molecule has 0 unspecified atom stereocenters. The zero-order chi connectivity index (χ0) is 16.7. The fourth-order valence-corrected chi connectivity index (χ4v) is 3.04. The topological polar surface area (TPSA) is 67.4 Å². The van der Waals surface area contributed by atoms with E-state index in [-0.39, 0.29) is 18.4 Å². The van der Waals surface area contributed by atoms with Gasteiger partial charge in [-0.1, -0.05) is 37.3 Å². The van der Waals surface area contributed by atoms with Crippen molar-refractivity contribution in [1.29, 1.82) is 0 Å². The summed E-state index contributed by atoms with van der Waals surface area (Å²) in [5.41, 5.74) is 1.02. The summed E-state index contributed by atoms with van der Waals surface area (Å²) in [5.74, 6) is 0.0139. The van der Waals surface area contributed by atoms with E-state index in [2.05, 4.69) is 10.6 Å². The number of amides is 2. The molecule has 1 aromatic carbocycles. The minimum Gasteiger partial charge on any atom is -0.495 e. The molecule has 6 heteroatoms. The maximum atomic E-state index is 12.3. The molecule has 23 heavy (non-hydrogen) atoms. The standard InChI is InChI=1S/C17H20N2O3S/c1-3-9-18-15(20)11-19-17(21)16-13(22-2)10-14(23-16)12-7-5-4-6-8-12/h4-8,10H,3,9,11H2,1-2H3,(H,18,20)(H,19,21). The van der Waals surface area contributed by atoms with Crippen LogP contribution in [0, 0.1) is 0 Å². The molecule has 0 aliphatic carbocycles. The van der Waals surface area contributed by atoms with Crippen LogP contribution in [0.2, 0.25) is 0 Å². The Balaban J connectivity index is 2.08. The molecule has 5 nitrogen and oxygen atoms in total. The second-order valence-corrected chi connectivity index (χ2v) is 5.96. The van der Waals surface area contributed by atoms with Crippen molar-refractivity contribution in [3.8, 4) is 16.2 Å². The van der Waals surface area contributed by atoms with Crippen LogP contribution in [0.25, 0.3) is 10.4 Å². The zero-order valence-electron chi connectivity index (χ0n) is 13.2. The maximum absolute atomic E-state index is 12.3. The van der Waals surface area contributed by atoms with E-state index in [4.69, 9.17) is 4.74 Å². The number of benzene rings is 1. The maximum Gasteiger partial charge on any atom is 0.265 e. The van der Waals surface area contributed by atoms with E-state index in [0.29, 0.717) is 17.2 Å². The molecule has 122 valence electrons. The van der Waals surface area contributed by atoms with Gasteiger partial charge in [-0.2, -0.15) is 0 Å². The van der Waals surface area contributed by atoms with E-state index in [0.717, 1.165) is 16.9 Å². The first kappa shape index (κ1) is 17.0. The molecule has 0 saturated carbocycles. The third-order valence-corrected chi connectivity index (χ3v) is 4.33. The Kier molecular flexibility index (Phi) is 6.17. The van der Waals surface area contributed by atoms with Gasteiger partial charge in [-0.15, -0.1) is 11.3 Å². The molecule has 1 aromatic heterocycles. The second-order valence-electron chi connectivity index (χ2n) is 4.91. The third-order valence-electron chi connectivity index (χ3n) is 3.16. The minimum absolute atomic E-state index is 0.0411. The van der Waals surface area contributed by atoms with Crippen molar-refractivity contribution >= 4 is 23.2 Å². The van der Waals surface area contributed by atoms with Crippen molar-refractivity contribution in [2.75, 3.05) is 20.2 Å². The SMILES string of the molecule is CCCNC(=O)CNC(=O)c1sc(-c2ccccc2)cc1OC. The number of carbonyl (C=O) groups is 2.